The Labute approximate surface area is 159 Å². The lowest BCUT2D eigenvalue weighted by molar-refractivity contribution is 0.0265. The van der Waals surface area contributed by atoms with E-state index in [4.69, 9.17) is 10.00 Å². The zero-order valence-electron chi connectivity index (χ0n) is 16.0. The second kappa shape index (κ2) is 7.82. The Hall–Kier alpha value is -2.82. The summed E-state index contributed by atoms with van der Waals surface area (Å²) in [5, 5.41) is 15.1. The number of rotatable bonds is 4. The van der Waals surface area contributed by atoms with E-state index in [0.717, 1.165) is 31.7 Å². The molecule has 0 bridgehead atoms. The molecule has 2 fully saturated rings. The normalized spacial score (nSPS) is 24.0. The molecular weight excluding hydrogens is 344 g/mol. The number of ether oxygens (including phenoxy) is 1. The molecule has 0 spiro atoms. The Kier molecular flexibility index (Phi) is 5.49. The van der Waals surface area contributed by atoms with Crippen molar-refractivity contribution >= 4 is 17.7 Å². The number of likely N-dealkylation sites (tertiary alicyclic amines) is 1. The largest absolute Gasteiger partial charge is 0.444 e. The van der Waals surface area contributed by atoms with Gasteiger partial charge in [-0.25, -0.2) is 4.79 Å². The Balaban J connectivity index is 1.39. The van der Waals surface area contributed by atoms with E-state index >= 15 is 0 Å². The molecule has 8 heteroatoms. The van der Waals surface area contributed by atoms with Gasteiger partial charge in [-0.2, -0.15) is 5.26 Å². The van der Waals surface area contributed by atoms with Gasteiger partial charge in [-0.3, -0.25) is 4.98 Å². The number of guanidine groups is 1. The highest BCUT2D eigenvalue weighted by Crippen LogP contribution is 2.53. The van der Waals surface area contributed by atoms with Crippen LogP contribution in [-0.4, -0.2) is 47.2 Å². The number of hydrogen-bond acceptors (Lipinski definition) is 5. The van der Waals surface area contributed by atoms with Gasteiger partial charge in [0.1, 0.15) is 5.60 Å². The van der Waals surface area contributed by atoms with Crippen molar-refractivity contribution in [1.29, 1.82) is 5.26 Å². The molecular formula is C19H26N6O2. The first-order chi connectivity index (χ1) is 12.9. The minimum absolute atomic E-state index is 0.212. The van der Waals surface area contributed by atoms with Crippen molar-refractivity contribution in [2.75, 3.05) is 25.0 Å². The first-order valence-electron chi connectivity index (χ1n) is 9.23. The number of carbonyl (C=O) groups is 1. The number of aromatic nitrogens is 1. The molecule has 1 saturated carbocycles. The minimum Gasteiger partial charge on any atom is -0.444 e. The number of fused-ring (bicyclic) bond motifs is 1. The molecule has 27 heavy (non-hydrogen) atoms. The van der Waals surface area contributed by atoms with E-state index in [1.165, 1.54) is 0 Å². The first-order valence-corrected chi connectivity index (χ1v) is 9.23. The third-order valence-corrected chi connectivity index (χ3v) is 4.90. The van der Waals surface area contributed by atoms with Gasteiger partial charge in [0.05, 0.1) is 0 Å². The molecule has 1 aliphatic heterocycles. The van der Waals surface area contributed by atoms with Crippen LogP contribution in [0.2, 0.25) is 0 Å². The third-order valence-electron chi connectivity index (χ3n) is 4.90. The Bertz CT molecular complexity index is 725. The molecule has 1 aromatic heterocycles. The second-order valence-electron chi connectivity index (χ2n) is 8.01. The Morgan fingerprint density at radius 3 is 2.63 bits per heavy atom. The van der Waals surface area contributed by atoms with Gasteiger partial charge in [-0.1, -0.05) is 0 Å². The molecule has 1 aliphatic carbocycles. The van der Waals surface area contributed by atoms with E-state index < -0.39 is 5.60 Å². The standard InChI is InChI=1S/C19H26N6O2/c1-19(2,3)27-18(26)25-10-15-14(16(15)11-25)6-9-22-17(23-12-20)24-13-4-7-21-8-5-13/h4-5,7-8,14-16H,6,9-11H2,1-3H3,(H2,21,22,23,24). The number of nitriles is 1. The molecule has 2 aliphatic rings. The van der Waals surface area contributed by atoms with Crippen LogP contribution in [0.4, 0.5) is 10.5 Å². The quantitative estimate of drug-likeness (QED) is 0.479. The minimum atomic E-state index is -0.453. The summed E-state index contributed by atoms with van der Waals surface area (Å²) in [6.07, 6.45) is 5.93. The highest BCUT2D eigenvalue weighted by atomic mass is 16.6. The molecule has 2 atom stereocenters. The summed E-state index contributed by atoms with van der Waals surface area (Å²) in [6.45, 7) is 7.93. The molecule has 1 aromatic rings. The topological polar surface area (TPSA) is 103 Å². The fraction of sp³-hybridized carbons (Fsp3) is 0.579. The zero-order valence-corrected chi connectivity index (χ0v) is 16.0. The van der Waals surface area contributed by atoms with Crippen LogP contribution in [0.15, 0.2) is 29.5 Å². The molecule has 1 amide bonds. The van der Waals surface area contributed by atoms with Crippen LogP contribution in [0, 0.1) is 29.2 Å². The average Bonchev–Trinajstić information content (AvgIpc) is 3.04. The summed E-state index contributed by atoms with van der Waals surface area (Å²) in [6, 6.07) is 3.62. The van der Waals surface area contributed by atoms with Crippen molar-refractivity contribution < 1.29 is 9.53 Å². The number of nitrogens with zero attached hydrogens (tertiary/aromatic N) is 4. The van der Waals surface area contributed by atoms with Gasteiger partial charge in [0, 0.05) is 37.7 Å². The van der Waals surface area contributed by atoms with Gasteiger partial charge in [0.25, 0.3) is 0 Å². The fourth-order valence-electron chi connectivity index (χ4n) is 3.64. The van der Waals surface area contributed by atoms with E-state index in [1.807, 2.05) is 44.0 Å². The summed E-state index contributed by atoms with van der Waals surface area (Å²) < 4.78 is 5.44. The van der Waals surface area contributed by atoms with Crippen LogP contribution in [0.3, 0.4) is 0 Å². The molecule has 8 nitrogen and oxygen atoms in total. The maximum Gasteiger partial charge on any atom is 0.410 e. The number of aliphatic imine (C=N–C) groups is 1. The van der Waals surface area contributed by atoms with E-state index in [-0.39, 0.29) is 6.09 Å². The smallest absolute Gasteiger partial charge is 0.410 e. The van der Waals surface area contributed by atoms with Gasteiger partial charge < -0.3 is 20.3 Å². The lowest BCUT2D eigenvalue weighted by Gasteiger charge is -2.26. The monoisotopic (exact) mass is 370 g/mol. The van der Waals surface area contributed by atoms with Crippen LogP contribution in [0.25, 0.3) is 0 Å². The Morgan fingerprint density at radius 1 is 1.37 bits per heavy atom. The number of hydrogen-bond donors (Lipinski definition) is 2. The number of amides is 1. The van der Waals surface area contributed by atoms with Crippen molar-refractivity contribution in [1.82, 2.24) is 15.2 Å². The number of carbonyl (C=O) groups excluding carboxylic acids is 1. The van der Waals surface area contributed by atoms with E-state index in [9.17, 15) is 4.79 Å². The maximum absolute atomic E-state index is 12.1. The molecule has 2 heterocycles. The zero-order chi connectivity index (χ0) is 19.4. The number of nitrogens with one attached hydrogen (secondary N) is 2. The first kappa shape index (κ1) is 19.0. The van der Waals surface area contributed by atoms with E-state index in [2.05, 4.69) is 20.6 Å². The lowest BCUT2D eigenvalue weighted by atomic mass is 10.2. The molecule has 144 valence electrons. The number of anilines is 1. The van der Waals surface area contributed by atoms with E-state index in [0.29, 0.717) is 23.7 Å². The van der Waals surface area contributed by atoms with Crippen LogP contribution < -0.4 is 10.6 Å². The summed E-state index contributed by atoms with van der Waals surface area (Å²) >= 11 is 0. The number of piperidine rings is 1. The molecule has 1 saturated heterocycles. The molecule has 2 N–H and O–H groups in total. The number of pyridine rings is 1. The maximum atomic E-state index is 12.1. The summed E-state index contributed by atoms with van der Waals surface area (Å²) in [7, 11) is 0. The summed E-state index contributed by atoms with van der Waals surface area (Å²) in [4.78, 5) is 21.7. The average molecular weight is 370 g/mol. The SMILES string of the molecule is CC(C)(C)OC(=O)N1CC2C(CCN/C(=N\C#N)Nc3ccncc3)C2C1. The molecule has 3 rings (SSSR count). The lowest BCUT2D eigenvalue weighted by Crippen LogP contribution is -2.37. The van der Waals surface area contributed by atoms with Crippen LogP contribution in [0.1, 0.15) is 27.2 Å². The van der Waals surface area contributed by atoms with Crippen LogP contribution in [0.5, 0.6) is 0 Å². The van der Waals surface area contributed by atoms with Gasteiger partial charge >= 0.3 is 6.09 Å². The van der Waals surface area contributed by atoms with Crippen molar-refractivity contribution in [2.45, 2.75) is 32.8 Å². The van der Waals surface area contributed by atoms with Crippen molar-refractivity contribution in [3.05, 3.63) is 24.5 Å². The highest BCUT2D eigenvalue weighted by molar-refractivity contribution is 5.94. The predicted octanol–water partition coefficient (Wildman–Crippen LogP) is 2.42. The predicted molar refractivity (Wildman–Crippen MR) is 102 cm³/mol. The van der Waals surface area contributed by atoms with Crippen molar-refractivity contribution in [3.63, 3.8) is 0 Å². The van der Waals surface area contributed by atoms with Crippen molar-refractivity contribution in [2.24, 2.45) is 22.7 Å². The second-order valence-corrected chi connectivity index (χ2v) is 8.01. The van der Waals surface area contributed by atoms with E-state index in [1.54, 1.807) is 12.4 Å². The fourth-order valence-corrected chi connectivity index (χ4v) is 3.64. The van der Waals surface area contributed by atoms with Gasteiger partial charge in [-0.05, 0) is 57.1 Å². The Morgan fingerprint density at radius 2 is 2.04 bits per heavy atom. The summed E-state index contributed by atoms with van der Waals surface area (Å²) in [5.41, 5.74) is 0.369. The van der Waals surface area contributed by atoms with Gasteiger partial charge in [0.2, 0.25) is 12.2 Å². The third kappa shape index (κ3) is 5.09. The van der Waals surface area contributed by atoms with Crippen LogP contribution in [-0.2, 0) is 4.74 Å². The van der Waals surface area contributed by atoms with Gasteiger partial charge in [-0.15, -0.1) is 4.99 Å². The van der Waals surface area contributed by atoms with Crippen LogP contribution >= 0.6 is 0 Å². The summed E-state index contributed by atoms with van der Waals surface area (Å²) in [5.74, 6) is 2.16. The van der Waals surface area contributed by atoms with Gasteiger partial charge in [0.15, 0.2) is 0 Å². The van der Waals surface area contributed by atoms with Crippen molar-refractivity contribution in [3.8, 4) is 6.19 Å². The molecule has 0 radical (unpaired) electrons. The molecule has 0 aromatic carbocycles. The molecule has 2 unspecified atom stereocenters. The highest BCUT2D eigenvalue weighted by Gasteiger charge is 2.56.